The number of carbonyl (C=O) groups excluding carboxylic acids is 2. The van der Waals surface area contributed by atoms with E-state index in [1.165, 1.54) is 44.1 Å². The summed E-state index contributed by atoms with van der Waals surface area (Å²) in [6.07, 6.45) is 8.62. The highest BCUT2D eigenvalue weighted by Gasteiger charge is 2.31. The van der Waals surface area contributed by atoms with Crippen LogP contribution in [0.5, 0.6) is 0 Å². The maximum atomic E-state index is 12.2. The van der Waals surface area contributed by atoms with Crippen LogP contribution in [0.15, 0.2) is 12.8 Å². The van der Waals surface area contributed by atoms with Gasteiger partial charge in [-0.1, -0.05) is 65.9 Å². The van der Waals surface area contributed by atoms with Crippen LogP contribution in [0.4, 0.5) is 4.79 Å². The highest BCUT2D eigenvalue weighted by atomic mass is 16.6. The number of carbonyl (C=O) groups is 2. The molecular weight excluding hydrogens is 294 g/mol. The van der Waals surface area contributed by atoms with Crippen molar-refractivity contribution < 1.29 is 19.1 Å². The van der Waals surface area contributed by atoms with Gasteiger partial charge >= 0.3 is 12.1 Å². The minimum absolute atomic E-state index is 0.0566. The van der Waals surface area contributed by atoms with Crippen LogP contribution in [-0.4, -0.2) is 36.7 Å². The molecule has 0 aromatic heterocycles. The molecule has 5 nitrogen and oxygen atoms in total. The Morgan fingerprint density at radius 3 is 2.17 bits per heavy atom. The predicted octanol–water partition coefficient (Wildman–Crippen LogP) is 4.52. The smallest absolute Gasteiger partial charge is 0.415 e. The van der Waals surface area contributed by atoms with E-state index in [1.54, 1.807) is 0 Å². The van der Waals surface area contributed by atoms with Gasteiger partial charge in [-0.15, -0.1) is 0 Å². The van der Waals surface area contributed by atoms with Crippen LogP contribution in [0, 0.1) is 5.92 Å². The molecule has 0 aliphatic rings. The molecule has 0 radical (unpaired) electrons. The molecule has 0 aliphatic carbocycles. The molecule has 0 saturated heterocycles. The predicted molar refractivity (Wildman–Crippen MR) is 92.0 cm³/mol. The number of amides is 1. The highest BCUT2D eigenvalue weighted by molar-refractivity contribution is 5.81. The van der Waals surface area contributed by atoms with Crippen molar-refractivity contribution in [3.05, 3.63) is 12.8 Å². The first kappa shape index (κ1) is 21.5. The molecule has 0 fully saturated rings. The van der Waals surface area contributed by atoms with Crippen molar-refractivity contribution in [1.29, 1.82) is 0 Å². The minimum Gasteiger partial charge on any atom is -0.464 e. The van der Waals surface area contributed by atoms with E-state index in [4.69, 9.17) is 9.47 Å². The van der Waals surface area contributed by atoms with Gasteiger partial charge in [0.15, 0.2) is 0 Å². The van der Waals surface area contributed by atoms with Crippen LogP contribution in [0.1, 0.15) is 65.7 Å². The number of nitrogens with zero attached hydrogens (tertiary/aromatic N) is 1. The van der Waals surface area contributed by atoms with Gasteiger partial charge < -0.3 is 9.47 Å². The lowest BCUT2D eigenvalue weighted by atomic mass is 10.0. The first-order valence-electron chi connectivity index (χ1n) is 8.66. The van der Waals surface area contributed by atoms with Crippen molar-refractivity contribution in [3.8, 4) is 0 Å². The van der Waals surface area contributed by atoms with Crippen molar-refractivity contribution in [3.63, 3.8) is 0 Å². The Morgan fingerprint density at radius 1 is 1.09 bits per heavy atom. The summed E-state index contributed by atoms with van der Waals surface area (Å²) < 4.78 is 10.0. The molecule has 0 bridgehead atoms. The summed E-state index contributed by atoms with van der Waals surface area (Å²) in [5.41, 5.74) is 0. The van der Waals surface area contributed by atoms with Gasteiger partial charge in [0.25, 0.3) is 0 Å². The summed E-state index contributed by atoms with van der Waals surface area (Å²) in [6, 6.07) is -0.646. The lowest BCUT2D eigenvalue weighted by Crippen LogP contribution is -2.46. The molecule has 0 saturated carbocycles. The van der Waals surface area contributed by atoms with Crippen LogP contribution in [0.25, 0.3) is 0 Å². The first-order valence-corrected chi connectivity index (χ1v) is 8.66. The second-order valence-corrected chi connectivity index (χ2v) is 6.14. The molecule has 0 rings (SSSR count). The molecule has 1 amide bonds. The van der Waals surface area contributed by atoms with E-state index in [0.29, 0.717) is 6.61 Å². The second kappa shape index (κ2) is 13.0. The fraction of sp³-hybridized carbons (Fsp3) is 0.778. The van der Waals surface area contributed by atoms with Crippen LogP contribution in [-0.2, 0) is 14.3 Å². The normalized spacial score (nSPS) is 11.9. The third kappa shape index (κ3) is 9.26. The Balaban J connectivity index is 4.12. The Labute approximate surface area is 141 Å². The Bertz CT molecular complexity index is 355. The average Bonchev–Trinajstić information content (AvgIpc) is 2.49. The fourth-order valence-corrected chi connectivity index (χ4v) is 2.46. The molecule has 134 valence electrons. The van der Waals surface area contributed by atoms with E-state index in [9.17, 15) is 9.59 Å². The summed E-state index contributed by atoms with van der Waals surface area (Å²) in [7, 11) is 1.53. The molecule has 5 heteroatoms. The van der Waals surface area contributed by atoms with Crippen LogP contribution < -0.4 is 0 Å². The Hall–Kier alpha value is -1.52. The largest absolute Gasteiger partial charge is 0.464 e. The van der Waals surface area contributed by atoms with Gasteiger partial charge in [0.05, 0.1) is 12.9 Å². The quantitative estimate of drug-likeness (QED) is 0.300. The van der Waals surface area contributed by atoms with Gasteiger partial charge in [-0.05, 0) is 12.3 Å². The molecule has 0 aliphatic heterocycles. The monoisotopic (exact) mass is 327 g/mol. The van der Waals surface area contributed by atoms with E-state index in [0.717, 1.165) is 19.1 Å². The number of likely N-dealkylation sites (N-methyl/N-ethyl adjacent to an activating group) is 1. The van der Waals surface area contributed by atoms with Crippen molar-refractivity contribution >= 4 is 12.1 Å². The van der Waals surface area contributed by atoms with Crippen molar-refractivity contribution in [2.75, 3.05) is 13.7 Å². The first-order chi connectivity index (χ1) is 11.0. The number of hydrogen-bond donors (Lipinski definition) is 0. The summed E-state index contributed by atoms with van der Waals surface area (Å²) in [4.78, 5) is 25.2. The van der Waals surface area contributed by atoms with Crippen LogP contribution in [0.2, 0.25) is 0 Å². The average molecular weight is 327 g/mol. The zero-order valence-corrected chi connectivity index (χ0v) is 15.2. The molecule has 23 heavy (non-hydrogen) atoms. The molecule has 0 aromatic carbocycles. The van der Waals surface area contributed by atoms with E-state index in [-0.39, 0.29) is 11.9 Å². The zero-order valence-electron chi connectivity index (χ0n) is 15.2. The van der Waals surface area contributed by atoms with Crippen molar-refractivity contribution in [2.24, 2.45) is 5.92 Å². The molecule has 1 atom stereocenters. The van der Waals surface area contributed by atoms with E-state index in [1.807, 2.05) is 13.8 Å². The van der Waals surface area contributed by atoms with Gasteiger partial charge in [0.2, 0.25) is 0 Å². The fourth-order valence-electron chi connectivity index (χ4n) is 2.46. The van der Waals surface area contributed by atoms with Gasteiger partial charge in [-0.3, -0.25) is 4.90 Å². The molecule has 0 spiro atoms. The molecular formula is C18H33NO4. The Kier molecular flexibility index (Phi) is 12.1. The lowest BCUT2D eigenvalue weighted by Gasteiger charge is -2.28. The van der Waals surface area contributed by atoms with Gasteiger partial charge in [0, 0.05) is 7.05 Å². The number of rotatable bonds is 12. The number of hydrogen-bond acceptors (Lipinski definition) is 4. The molecule has 1 unspecified atom stereocenters. The molecule has 0 N–H and O–H groups in total. The third-order valence-electron chi connectivity index (χ3n) is 3.75. The van der Waals surface area contributed by atoms with Gasteiger partial charge in [0.1, 0.15) is 6.04 Å². The third-order valence-corrected chi connectivity index (χ3v) is 3.75. The lowest BCUT2D eigenvalue weighted by molar-refractivity contribution is -0.150. The van der Waals surface area contributed by atoms with Crippen LogP contribution in [0.3, 0.4) is 0 Å². The van der Waals surface area contributed by atoms with Crippen LogP contribution >= 0.6 is 0 Å². The number of ether oxygens (including phenoxy) is 2. The highest BCUT2D eigenvalue weighted by Crippen LogP contribution is 2.13. The standard InChI is InChI=1S/C18H33NO4/c1-6-8-9-10-11-12-13-14-23-17(20)16(15(3)4)19(5)18(21)22-7-2/h7,15-16H,2,6,8-14H2,1,3-5H3. The van der Waals surface area contributed by atoms with E-state index in [2.05, 4.69) is 13.5 Å². The van der Waals surface area contributed by atoms with Crippen molar-refractivity contribution in [1.82, 2.24) is 4.90 Å². The topological polar surface area (TPSA) is 55.8 Å². The molecule has 0 aromatic rings. The number of esters is 1. The summed E-state index contributed by atoms with van der Waals surface area (Å²) in [5, 5.41) is 0. The zero-order chi connectivity index (χ0) is 17.7. The number of unbranched alkanes of at least 4 members (excludes halogenated alkanes) is 6. The van der Waals surface area contributed by atoms with Gasteiger partial charge in [-0.25, -0.2) is 9.59 Å². The summed E-state index contributed by atoms with van der Waals surface area (Å²) in [6.45, 7) is 9.69. The maximum Gasteiger partial charge on any atom is 0.415 e. The molecule has 0 heterocycles. The second-order valence-electron chi connectivity index (χ2n) is 6.14. The minimum atomic E-state index is -0.646. The van der Waals surface area contributed by atoms with E-state index < -0.39 is 12.1 Å². The van der Waals surface area contributed by atoms with E-state index >= 15 is 0 Å². The Morgan fingerprint density at radius 2 is 1.65 bits per heavy atom. The van der Waals surface area contributed by atoms with Gasteiger partial charge in [-0.2, -0.15) is 0 Å². The summed E-state index contributed by atoms with van der Waals surface area (Å²) >= 11 is 0. The summed E-state index contributed by atoms with van der Waals surface area (Å²) in [5.74, 6) is -0.437. The maximum absolute atomic E-state index is 12.2. The SMILES string of the molecule is C=COC(=O)N(C)C(C(=O)OCCCCCCCCC)C(C)C. The van der Waals surface area contributed by atoms with Crippen molar-refractivity contribution in [2.45, 2.75) is 71.8 Å².